The fraction of sp³-hybridized carbons (Fsp3) is 0.571. The van der Waals surface area contributed by atoms with E-state index in [1.165, 1.54) is 6.07 Å². The largest absolute Gasteiger partial charge is 0.489 e. The highest BCUT2D eigenvalue weighted by Crippen LogP contribution is 2.14. The van der Waals surface area contributed by atoms with Gasteiger partial charge in [0.1, 0.15) is 6.61 Å². The first-order valence-electron chi connectivity index (χ1n) is 6.64. The quantitative estimate of drug-likeness (QED) is 0.784. The first-order valence-corrected chi connectivity index (χ1v) is 6.64. The molecular weight excluding hydrogens is 247 g/mol. The van der Waals surface area contributed by atoms with Crippen LogP contribution in [0.3, 0.4) is 0 Å². The summed E-state index contributed by atoms with van der Waals surface area (Å²) in [7, 11) is 2.09. The van der Waals surface area contributed by atoms with Gasteiger partial charge in [0.05, 0.1) is 12.7 Å². The Morgan fingerprint density at radius 1 is 1.47 bits per heavy atom. The zero-order valence-corrected chi connectivity index (χ0v) is 11.3. The SMILES string of the molecule is CN1CCO[C@@H](CNCCOc2ccccc2F)C1. The summed E-state index contributed by atoms with van der Waals surface area (Å²) < 4.78 is 24.2. The lowest BCUT2D eigenvalue weighted by atomic mass is 10.3. The molecule has 0 saturated carbocycles. The van der Waals surface area contributed by atoms with Gasteiger partial charge in [-0.1, -0.05) is 12.1 Å². The zero-order valence-electron chi connectivity index (χ0n) is 11.3. The van der Waals surface area contributed by atoms with E-state index >= 15 is 0 Å². The molecular formula is C14H21FN2O2. The number of likely N-dealkylation sites (N-methyl/N-ethyl adjacent to an activating group) is 1. The van der Waals surface area contributed by atoms with Crippen molar-refractivity contribution in [2.24, 2.45) is 0 Å². The molecule has 1 saturated heterocycles. The van der Waals surface area contributed by atoms with E-state index in [0.717, 1.165) is 26.2 Å². The van der Waals surface area contributed by atoms with Gasteiger partial charge < -0.3 is 19.7 Å². The lowest BCUT2D eigenvalue weighted by Crippen LogP contribution is -2.45. The zero-order chi connectivity index (χ0) is 13.5. The summed E-state index contributed by atoms with van der Waals surface area (Å²) in [5.74, 6) is -0.0160. The van der Waals surface area contributed by atoms with Crippen molar-refractivity contribution in [3.05, 3.63) is 30.1 Å². The van der Waals surface area contributed by atoms with Crippen LogP contribution in [-0.4, -0.2) is 57.4 Å². The number of morpholine rings is 1. The van der Waals surface area contributed by atoms with Crippen molar-refractivity contribution in [3.8, 4) is 5.75 Å². The number of para-hydroxylation sites is 1. The predicted octanol–water partition coefficient (Wildman–Crippen LogP) is 1.12. The van der Waals surface area contributed by atoms with Crippen LogP contribution >= 0.6 is 0 Å². The highest BCUT2D eigenvalue weighted by atomic mass is 19.1. The van der Waals surface area contributed by atoms with Gasteiger partial charge in [-0.05, 0) is 19.2 Å². The van der Waals surface area contributed by atoms with Gasteiger partial charge in [-0.15, -0.1) is 0 Å². The van der Waals surface area contributed by atoms with E-state index in [1.54, 1.807) is 18.2 Å². The molecule has 1 aromatic carbocycles. The fourth-order valence-corrected chi connectivity index (χ4v) is 2.05. The first-order chi connectivity index (χ1) is 9.25. The van der Waals surface area contributed by atoms with Gasteiger partial charge in [0.15, 0.2) is 11.6 Å². The minimum absolute atomic E-state index is 0.229. The summed E-state index contributed by atoms with van der Waals surface area (Å²) in [6, 6.07) is 6.44. The summed E-state index contributed by atoms with van der Waals surface area (Å²) in [5, 5.41) is 3.27. The highest BCUT2D eigenvalue weighted by Gasteiger charge is 2.16. The first kappa shape index (κ1) is 14.2. The molecule has 1 aliphatic heterocycles. The van der Waals surface area contributed by atoms with E-state index in [-0.39, 0.29) is 11.9 Å². The molecule has 1 heterocycles. The maximum absolute atomic E-state index is 13.3. The third-order valence-corrected chi connectivity index (χ3v) is 3.09. The van der Waals surface area contributed by atoms with Gasteiger partial charge in [-0.3, -0.25) is 0 Å². The molecule has 0 unspecified atom stereocenters. The van der Waals surface area contributed by atoms with Crippen LogP contribution in [0.1, 0.15) is 0 Å². The van der Waals surface area contributed by atoms with Crippen LogP contribution in [0.25, 0.3) is 0 Å². The molecule has 0 spiro atoms. The average molecular weight is 268 g/mol. The Labute approximate surface area is 113 Å². The smallest absolute Gasteiger partial charge is 0.165 e. The standard InChI is InChI=1S/C14H21FN2O2/c1-17-7-9-18-12(11-17)10-16-6-8-19-14-5-3-2-4-13(14)15/h2-5,12,16H,6-11H2,1H3/t12-/m0/s1. The molecule has 0 bridgehead atoms. The molecule has 1 fully saturated rings. The Morgan fingerprint density at radius 3 is 3.11 bits per heavy atom. The Morgan fingerprint density at radius 2 is 2.32 bits per heavy atom. The van der Waals surface area contributed by atoms with Crippen LogP contribution in [-0.2, 0) is 4.74 Å². The number of rotatable bonds is 6. The molecule has 2 rings (SSSR count). The number of hydrogen-bond donors (Lipinski definition) is 1. The van der Waals surface area contributed by atoms with Crippen molar-refractivity contribution in [2.75, 3.05) is 46.4 Å². The van der Waals surface area contributed by atoms with Gasteiger partial charge in [0.2, 0.25) is 0 Å². The van der Waals surface area contributed by atoms with Crippen molar-refractivity contribution >= 4 is 0 Å². The van der Waals surface area contributed by atoms with E-state index in [9.17, 15) is 4.39 Å². The molecule has 0 amide bonds. The van der Waals surface area contributed by atoms with Crippen LogP contribution in [0.15, 0.2) is 24.3 Å². The van der Waals surface area contributed by atoms with E-state index in [1.807, 2.05) is 0 Å². The predicted molar refractivity (Wildman–Crippen MR) is 72.0 cm³/mol. The van der Waals surface area contributed by atoms with Crippen LogP contribution < -0.4 is 10.1 Å². The molecule has 1 aliphatic rings. The fourth-order valence-electron chi connectivity index (χ4n) is 2.05. The summed E-state index contributed by atoms with van der Waals surface area (Å²) in [4.78, 5) is 2.26. The van der Waals surface area contributed by atoms with Crippen LogP contribution in [0.5, 0.6) is 5.75 Å². The van der Waals surface area contributed by atoms with E-state index < -0.39 is 0 Å². The van der Waals surface area contributed by atoms with Crippen molar-refractivity contribution in [3.63, 3.8) is 0 Å². The molecule has 0 radical (unpaired) electrons. The van der Waals surface area contributed by atoms with Crippen LogP contribution in [0.2, 0.25) is 0 Å². The van der Waals surface area contributed by atoms with Gasteiger partial charge in [-0.25, -0.2) is 4.39 Å². The second-order valence-corrected chi connectivity index (χ2v) is 4.74. The number of nitrogens with zero attached hydrogens (tertiary/aromatic N) is 1. The maximum Gasteiger partial charge on any atom is 0.165 e. The number of ether oxygens (including phenoxy) is 2. The number of halogens is 1. The Bertz CT molecular complexity index is 389. The van der Waals surface area contributed by atoms with Gasteiger partial charge in [0, 0.05) is 26.2 Å². The normalized spacial score (nSPS) is 20.4. The molecule has 5 heteroatoms. The monoisotopic (exact) mass is 268 g/mol. The third kappa shape index (κ3) is 4.78. The maximum atomic E-state index is 13.3. The van der Waals surface area contributed by atoms with Crippen molar-refractivity contribution < 1.29 is 13.9 Å². The Hall–Kier alpha value is -1.17. The topological polar surface area (TPSA) is 33.7 Å². The van der Waals surface area contributed by atoms with E-state index in [4.69, 9.17) is 9.47 Å². The summed E-state index contributed by atoms with van der Waals surface area (Å²) in [6.45, 7) is 4.65. The number of benzene rings is 1. The van der Waals surface area contributed by atoms with E-state index in [2.05, 4.69) is 17.3 Å². The Balaban J connectivity index is 1.58. The van der Waals surface area contributed by atoms with Crippen molar-refractivity contribution in [1.29, 1.82) is 0 Å². The van der Waals surface area contributed by atoms with Gasteiger partial charge in [0.25, 0.3) is 0 Å². The minimum Gasteiger partial charge on any atom is -0.489 e. The molecule has 1 N–H and O–H groups in total. The van der Waals surface area contributed by atoms with Crippen LogP contribution in [0, 0.1) is 5.82 Å². The van der Waals surface area contributed by atoms with Crippen LogP contribution in [0.4, 0.5) is 4.39 Å². The minimum atomic E-state index is -0.320. The molecule has 1 aromatic rings. The number of hydrogen-bond acceptors (Lipinski definition) is 4. The van der Waals surface area contributed by atoms with Gasteiger partial charge in [-0.2, -0.15) is 0 Å². The second kappa shape index (κ2) is 7.43. The average Bonchev–Trinajstić information content (AvgIpc) is 2.40. The summed E-state index contributed by atoms with van der Waals surface area (Å²) in [5.41, 5.74) is 0. The summed E-state index contributed by atoms with van der Waals surface area (Å²) >= 11 is 0. The second-order valence-electron chi connectivity index (χ2n) is 4.74. The molecule has 19 heavy (non-hydrogen) atoms. The third-order valence-electron chi connectivity index (χ3n) is 3.09. The molecule has 1 atom stereocenters. The number of nitrogens with one attached hydrogen (secondary N) is 1. The summed E-state index contributed by atoms with van der Waals surface area (Å²) in [6.07, 6.45) is 0.229. The molecule has 106 valence electrons. The lowest BCUT2D eigenvalue weighted by Gasteiger charge is -2.30. The highest BCUT2D eigenvalue weighted by molar-refractivity contribution is 5.23. The molecule has 0 aromatic heterocycles. The van der Waals surface area contributed by atoms with Crippen molar-refractivity contribution in [2.45, 2.75) is 6.10 Å². The molecule has 0 aliphatic carbocycles. The van der Waals surface area contributed by atoms with Gasteiger partial charge >= 0.3 is 0 Å². The Kier molecular flexibility index (Phi) is 5.57. The lowest BCUT2D eigenvalue weighted by molar-refractivity contribution is -0.0182. The molecule has 4 nitrogen and oxygen atoms in total. The van der Waals surface area contributed by atoms with E-state index in [0.29, 0.717) is 18.9 Å². The van der Waals surface area contributed by atoms with Crippen molar-refractivity contribution in [1.82, 2.24) is 10.2 Å².